The third-order valence-corrected chi connectivity index (χ3v) is 3.56. The summed E-state index contributed by atoms with van der Waals surface area (Å²) in [5.74, 6) is 0.162. The van der Waals surface area contributed by atoms with Gasteiger partial charge in [0, 0.05) is 32.4 Å². The Morgan fingerprint density at radius 2 is 2.05 bits per heavy atom. The van der Waals surface area contributed by atoms with Crippen LogP contribution in [-0.2, 0) is 15.9 Å². The Balaban J connectivity index is 1.82. The van der Waals surface area contributed by atoms with Crippen molar-refractivity contribution >= 4 is 5.91 Å². The van der Waals surface area contributed by atoms with E-state index in [-0.39, 0.29) is 5.91 Å². The number of nitrogens with zero attached hydrogens (tertiary/aromatic N) is 1. The van der Waals surface area contributed by atoms with Crippen molar-refractivity contribution in [2.45, 2.75) is 19.3 Å². The molecule has 1 aliphatic rings. The fourth-order valence-electron chi connectivity index (χ4n) is 2.49. The molecular formula is C16H23NO3. The van der Waals surface area contributed by atoms with E-state index in [4.69, 9.17) is 9.47 Å². The van der Waals surface area contributed by atoms with Gasteiger partial charge in [-0.15, -0.1) is 0 Å². The predicted molar refractivity (Wildman–Crippen MR) is 78.0 cm³/mol. The Labute approximate surface area is 120 Å². The first kappa shape index (κ1) is 15.0. The van der Waals surface area contributed by atoms with Crippen LogP contribution < -0.4 is 0 Å². The van der Waals surface area contributed by atoms with Crippen molar-refractivity contribution < 1.29 is 14.3 Å². The average molecular weight is 277 g/mol. The molecule has 1 aromatic rings. The summed E-state index contributed by atoms with van der Waals surface area (Å²) in [6.45, 7) is 3.52. The van der Waals surface area contributed by atoms with Gasteiger partial charge in [0.25, 0.3) is 5.91 Å². The highest BCUT2D eigenvalue weighted by Gasteiger charge is 2.21. The van der Waals surface area contributed by atoms with Gasteiger partial charge in [0.1, 0.15) is 0 Å². The summed E-state index contributed by atoms with van der Waals surface area (Å²) in [5, 5.41) is 0. The van der Waals surface area contributed by atoms with Gasteiger partial charge >= 0.3 is 0 Å². The smallest absolute Gasteiger partial charge is 0.254 e. The molecule has 0 bridgehead atoms. The van der Waals surface area contributed by atoms with Gasteiger partial charge < -0.3 is 14.4 Å². The quantitative estimate of drug-likeness (QED) is 0.717. The highest BCUT2D eigenvalue weighted by molar-refractivity contribution is 5.96. The molecule has 0 fully saturated rings. The van der Waals surface area contributed by atoms with Gasteiger partial charge in [-0.2, -0.15) is 0 Å². The number of carbonyl (C=O) groups is 1. The molecule has 1 aromatic carbocycles. The number of methoxy groups -OCH3 is 1. The second kappa shape index (κ2) is 8.02. The van der Waals surface area contributed by atoms with Crippen LogP contribution in [0.25, 0.3) is 0 Å². The van der Waals surface area contributed by atoms with Gasteiger partial charge in [-0.25, -0.2) is 0 Å². The van der Waals surface area contributed by atoms with Crippen LogP contribution in [0.1, 0.15) is 28.8 Å². The summed E-state index contributed by atoms with van der Waals surface area (Å²) in [4.78, 5) is 14.4. The number of carbonyl (C=O) groups excluding carboxylic acids is 1. The van der Waals surface area contributed by atoms with Crippen molar-refractivity contribution in [1.82, 2.24) is 4.90 Å². The number of amides is 1. The molecule has 4 nitrogen and oxygen atoms in total. The summed E-state index contributed by atoms with van der Waals surface area (Å²) >= 11 is 0. The minimum absolute atomic E-state index is 0.162. The van der Waals surface area contributed by atoms with E-state index < -0.39 is 0 Å². The maximum absolute atomic E-state index is 12.5. The Kier molecular flexibility index (Phi) is 6.02. The summed E-state index contributed by atoms with van der Waals surface area (Å²) in [6.07, 6.45) is 2.90. The third kappa shape index (κ3) is 4.05. The number of hydrogen-bond acceptors (Lipinski definition) is 3. The lowest BCUT2D eigenvalue weighted by Crippen LogP contribution is -2.32. The van der Waals surface area contributed by atoms with Crippen LogP contribution in [0, 0.1) is 0 Å². The third-order valence-electron chi connectivity index (χ3n) is 3.56. The molecule has 0 saturated heterocycles. The fraction of sp³-hybridized carbons (Fsp3) is 0.562. The maximum Gasteiger partial charge on any atom is 0.254 e. The second-order valence-corrected chi connectivity index (χ2v) is 5.01. The van der Waals surface area contributed by atoms with E-state index in [2.05, 4.69) is 6.07 Å². The van der Waals surface area contributed by atoms with Gasteiger partial charge in [-0.05, 0) is 30.9 Å². The van der Waals surface area contributed by atoms with Gasteiger partial charge in [-0.3, -0.25) is 4.79 Å². The monoisotopic (exact) mass is 277 g/mol. The molecule has 0 N–H and O–H groups in total. The van der Waals surface area contributed by atoms with Crippen LogP contribution in [-0.4, -0.2) is 50.8 Å². The molecule has 4 heteroatoms. The van der Waals surface area contributed by atoms with Crippen molar-refractivity contribution in [3.05, 3.63) is 35.4 Å². The minimum Gasteiger partial charge on any atom is -0.382 e. The van der Waals surface area contributed by atoms with Crippen molar-refractivity contribution in [1.29, 1.82) is 0 Å². The van der Waals surface area contributed by atoms with E-state index in [0.717, 1.165) is 37.9 Å². The largest absolute Gasteiger partial charge is 0.382 e. The first-order valence-electron chi connectivity index (χ1n) is 7.27. The van der Waals surface area contributed by atoms with Crippen molar-refractivity contribution in [3.8, 4) is 0 Å². The molecule has 1 heterocycles. The minimum atomic E-state index is 0.162. The molecule has 0 unspecified atom stereocenters. The zero-order valence-corrected chi connectivity index (χ0v) is 12.1. The van der Waals surface area contributed by atoms with Gasteiger partial charge in [0.15, 0.2) is 0 Å². The topological polar surface area (TPSA) is 38.8 Å². The molecule has 0 atom stereocenters. The van der Waals surface area contributed by atoms with E-state index in [0.29, 0.717) is 19.8 Å². The lowest BCUT2D eigenvalue weighted by molar-refractivity contribution is 0.0600. The molecule has 0 radical (unpaired) electrons. The van der Waals surface area contributed by atoms with Crippen molar-refractivity contribution in [3.63, 3.8) is 0 Å². The van der Waals surface area contributed by atoms with Crippen LogP contribution >= 0.6 is 0 Å². The highest BCUT2D eigenvalue weighted by Crippen LogP contribution is 2.18. The van der Waals surface area contributed by atoms with Crippen LogP contribution in [0.2, 0.25) is 0 Å². The fourth-order valence-corrected chi connectivity index (χ4v) is 2.49. The molecular weight excluding hydrogens is 254 g/mol. The predicted octanol–water partition coefficient (Wildman–Crippen LogP) is 2.13. The van der Waals surface area contributed by atoms with E-state index in [9.17, 15) is 4.79 Å². The molecule has 1 amide bonds. The van der Waals surface area contributed by atoms with Crippen LogP contribution in [0.15, 0.2) is 24.3 Å². The molecule has 110 valence electrons. The zero-order chi connectivity index (χ0) is 14.2. The number of ether oxygens (including phenoxy) is 2. The summed E-state index contributed by atoms with van der Waals surface area (Å²) < 4.78 is 10.4. The Morgan fingerprint density at radius 3 is 2.90 bits per heavy atom. The Morgan fingerprint density at radius 1 is 1.20 bits per heavy atom. The second-order valence-electron chi connectivity index (χ2n) is 5.01. The van der Waals surface area contributed by atoms with E-state index in [1.165, 1.54) is 5.56 Å². The van der Waals surface area contributed by atoms with E-state index in [1.54, 1.807) is 7.11 Å². The molecule has 2 rings (SSSR count). The highest BCUT2D eigenvalue weighted by atomic mass is 16.5. The van der Waals surface area contributed by atoms with Crippen LogP contribution in [0.5, 0.6) is 0 Å². The van der Waals surface area contributed by atoms with Crippen molar-refractivity contribution in [2.24, 2.45) is 0 Å². The first-order valence-corrected chi connectivity index (χ1v) is 7.27. The Hall–Kier alpha value is -1.39. The first-order chi connectivity index (χ1) is 9.83. The maximum atomic E-state index is 12.5. The van der Waals surface area contributed by atoms with Gasteiger partial charge in [-0.1, -0.05) is 18.2 Å². The molecule has 1 aliphatic heterocycles. The zero-order valence-electron chi connectivity index (χ0n) is 12.1. The lowest BCUT2D eigenvalue weighted by atomic mass is 10.0. The van der Waals surface area contributed by atoms with E-state index in [1.807, 2.05) is 23.1 Å². The molecule has 20 heavy (non-hydrogen) atoms. The number of rotatable bonds is 7. The molecule has 0 spiro atoms. The van der Waals surface area contributed by atoms with Gasteiger partial charge in [0.2, 0.25) is 0 Å². The number of aryl methyl sites for hydroxylation is 1. The molecule has 0 aliphatic carbocycles. The lowest BCUT2D eigenvalue weighted by Gasteiger charge is -2.20. The molecule has 0 aromatic heterocycles. The van der Waals surface area contributed by atoms with Crippen LogP contribution in [0.4, 0.5) is 0 Å². The normalized spacial score (nSPS) is 15.1. The van der Waals surface area contributed by atoms with Crippen LogP contribution in [0.3, 0.4) is 0 Å². The standard InChI is InChI=1S/C16H23NO3/c1-19-12-13-20-11-5-10-17-9-4-7-14-6-2-3-8-15(14)16(17)18/h2-3,6,8H,4-5,7,9-13H2,1H3. The molecule has 0 saturated carbocycles. The van der Waals surface area contributed by atoms with Gasteiger partial charge in [0.05, 0.1) is 13.2 Å². The summed E-state index contributed by atoms with van der Waals surface area (Å²) in [7, 11) is 1.66. The number of fused-ring (bicyclic) bond motifs is 1. The summed E-state index contributed by atoms with van der Waals surface area (Å²) in [5.41, 5.74) is 2.04. The average Bonchev–Trinajstić information content (AvgIpc) is 2.63. The number of hydrogen-bond donors (Lipinski definition) is 0. The van der Waals surface area contributed by atoms with Crippen molar-refractivity contribution in [2.75, 3.05) is 40.0 Å². The summed E-state index contributed by atoms with van der Waals surface area (Å²) in [6, 6.07) is 7.94. The SMILES string of the molecule is COCCOCCCN1CCCc2ccccc2C1=O. The van der Waals surface area contributed by atoms with E-state index >= 15 is 0 Å². The Bertz CT molecular complexity index is 433. The number of benzene rings is 1.